The van der Waals surface area contributed by atoms with E-state index in [0.29, 0.717) is 5.89 Å². The lowest BCUT2D eigenvalue weighted by Gasteiger charge is -2.14. The lowest BCUT2D eigenvalue weighted by atomic mass is 10.1. The van der Waals surface area contributed by atoms with Crippen molar-refractivity contribution in [1.82, 2.24) is 10.2 Å². The second kappa shape index (κ2) is 6.29. The molecule has 102 valence electrons. The molecule has 1 unspecified atom stereocenters. The summed E-state index contributed by atoms with van der Waals surface area (Å²) in [6, 6.07) is 5.74. The second-order valence-corrected chi connectivity index (χ2v) is 4.18. The van der Waals surface area contributed by atoms with E-state index < -0.39 is 6.04 Å². The van der Waals surface area contributed by atoms with Crippen LogP contribution in [0.25, 0.3) is 0 Å². The zero-order valence-corrected chi connectivity index (χ0v) is 10.6. The van der Waals surface area contributed by atoms with Gasteiger partial charge in [-0.2, -0.15) is 0 Å². The number of aliphatic hydroxyl groups is 1. The van der Waals surface area contributed by atoms with Crippen molar-refractivity contribution in [3.05, 3.63) is 41.5 Å². The molecule has 1 heterocycles. The Kier molecular flexibility index (Phi) is 4.46. The number of hydrogen-bond acceptors (Lipinski definition) is 5. The van der Waals surface area contributed by atoms with Gasteiger partial charge in [0.15, 0.2) is 0 Å². The molecule has 0 radical (unpaired) electrons. The summed E-state index contributed by atoms with van der Waals surface area (Å²) < 4.78 is 18.2. The van der Waals surface area contributed by atoms with E-state index in [2.05, 4.69) is 15.5 Å². The predicted molar refractivity (Wildman–Crippen MR) is 68.1 cm³/mol. The Labute approximate surface area is 110 Å². The van der Waals surface area contributed by atoms with E-state index in [0.717, 1.165) is 18.4 Å². The van der Waals surface area contributed by atoms with Crippen molar-refractivity contribution in [2.45, 2.75) is 25.8 Å². The third kappa shape index (κ3) is 3.51. The lowest BCUT2D eigenvalue weighted by molar-refractivity contribution is 0.274. The normalized spacial score (nSPS) is 12.4. The van der Waals surface area contributed by atoms with Gasteiger partial charge in [-0.15, -0.1) is 5.10 Å². The van der Waals surface area contributed by atoms with Crippen LogP contribution in [-0.4, -0.2) is 21.9 Å². The van der Waals surface area contributed by atoms with Crippen LogP contribution in [0.5, 0.6) is 0 Å². The number of anilines is 1. The maximum Gasteiger partial charge on any atom is 0.316 e. The molecule has 2 N–H and O–H groups in total. The molecule has 0 saturated heterocycles. The van der Waals surface area contributed by atoms with Gasteiger partial charge in [0.1, 0.15) is 5.82 Å². The lowest BCUT2D eigenvalue weighted by Crippen LogP contribution is -2.15. The molecule has 19 heavy (non-hydrogen) atoms. The Bertz CT molecular complexity index is 513. The van der Waals surface area contributed by atoms with Crippen LogP contribution < -0.4 is 5.32 Å². The third-order valence-corrected chi connectivity index (χ3v) is 2.68. The minimum absolute atomic E-state index is 0.156. The van der Waals surface area contributed by atoms with E-state index in [1.165, 1.54) is 12.1 Å². The SMILES string of the molecule is CCCc1nnc(NC(CO)c2ccc(F)cc2)o1. The number of aromatic nitrogens is 2. The standard InChI is InChI=1S/C13H16FN3O2/c1-2-3-12-16-17-13(19-12)15-11(8-18)9-4-6-10(14)7-5-9/h4-7,11,18H,2-3,8H2,1H3,(H,15,17). The molecular formula is C13H16FN3O2. The molecule has 0 fully saturated rings. The van der Waals surface area contributed by atoms with Gasteiger partial charge in [0.25, 0.3) is 0 Å². The Morgan fingerprint density at radius 1 is 1.32 bits per heavy atom. The first-order valence-corrected chi connectivity index (χ1v) is 6.18. The minimum atomic E-state index is -0.407. The number of benzene rings is 1. The van der Waals surface area contributed by atoms with Crippen LogP contribution in [0, 0.1) is 5.82 Å². The van der Waals surface area contributed by atoms with E-state index in [4.69, 9.17) is 4.42 Å². The van der Waals surface area contributed by atoms with Crippen molar-refractivity contribution in [1.29, 1.82) is 0 Å². The van der Waals surface area contributed by atoms with Crippen molar-refractivity contribution in [2.24, 2.45) is 0 Å². The first-order chi connectivity index (χ1) is 9.22. The first kappa shape index (κ1) is 13.5. The quantitative estimate of drug-likeness (QED) is 0.838. The van der Waals surface area contributed by atoms with E-state index >= 15 is 0 Å². The largest absolute Gasteiger partial charge is 0.408 e. The van der Waals surface area contributed by atoms with E-state index in [1.54, 1.807) is 12.1 Å². The molecule has 0 bridgehead atoms. The molecule has 5 nitrogen and oxygen atoms in total. The van der Waals surface area contributed by atoms with Crippen molar-refractivity contribution in [2.75, 3.05) is 11.9 Å². The summed E-state index contributed by atoms with van der Waals surface area (Å²) in [6.45, 7) is 1.86. The highest BCUT2D eigenvalue weighted by Crippen LogP contribution is 2.19. The molecule has 6 heteroatoms. The van der Waals surface area contributed by atoms with E-state index in [1.807, 2.05) is 6.92 Å². The first-order valence-electron chi connectivity index (χ1n) is 6.18. The van der Waals surface area contributed by atoms with E-state index in [-0.39, 0.29) is 18.4 Å². The third-order valence-electron chi connectivity index (χ3n) is 2.68. The Hall–Kier alpha value is -1.95. The number of halogens is 1. The van der Waals surface area contributed by atoms with Gasteiger partial charge in [-0.25, -0.2) is 4.39 Å². The molecular weight excluding hydrogens is 249 g/mol. The summed E-state index contributed by atoms with van der Waals surface area (Å²) >= 11 is 0. The monoisotopic (exact) mass is 265 g/mol. The average Bonchev–Trinajstić information content (AvgIpc) is 2.85. The van der Waals surface area contributed by atoms with Crippen molar-refractivity contribution < 1.29 is 13.9 Å². The van der Waals surface area contributed by atoms with Gasteiger partial charge in [0.2, 0.25) is 5.89 Å². The summed E-state index contributed by atoms with van der Waals surface area (Å²) in [5.41, 5.74) is 0.749. The van der Waals surface area contributed by atoms with Crippen LogP contribution in [0.3, 0.4) is 0 Å². The molecule has 2 aromatic rings. The zero-order chi connectivity index (χ0) is 13.7. The fourth-order valence-electron chi connectivity index (χ4n) is 1.71. The maximum atomic E-state index is 12.8. The zero-order valence-electron chi connectivity index (χ0n) is 10.6. The highest BCUT2D eigenvalue weighted by molar-refractivity contribution is 5.29. The van der Waals surface area contributed by atoms with Gasteiger partial charge in [-0.05, 0) is 24.1 Å². The molecule has 1 aromatic heterocycles. The predicted octanol–water partition coefficient (Wildman–Crippen LogP) is 2.31. The molecule has 0 amide bonds. The number of nitrogens with one attached hydrogen (secondary N) is 1. The van der Waals surface area contributed by atoms with Gasteiger partial charge in [-0.3, -0.25) is 0 Å². The van der Waals surface area contributed by atoms with Gasteiger partial charge in [0, 0.05) is 6.42 Å². The number of aliphatic hydroxyl groups excluding tert-OH is 1. The summed E-state index contributed by atoms with van der Waals surface area (Å²) in [4.78, 5) is 0. The van der Waals surface area contributed by atoms with Crippen molar-refractivity contribution >= 4 is 6.01 Å². The molecule has 0 aliphatic rings. The Balaban J connectivity index is 2.07. The highest BCUT2D eigenvalue weighted by atomic mass is 19.1. The smallest absolute Gasteiger partial charge is 0.316 e. The Morgan fingerprint density at radius 2 is 2.05 bits per heavy atom. The minimum Gasteiger partial charge on any atom is -0.408 e. The van der Waals surface area contributed by atoms with Crippen LogP contribution in [0.1, 0.15) is 30.8 Å². The maximum absolute atomic E-state index is 12.8. The van der Waals surface area contributed by atoms with Crippen LogP contribution in [0.15, 0.2) is 28.7 Å². The molecule has 0 spiro atoms. The molecule has 0 aliphatic carbocycles. The average molecular weight is 265 g/mol. The molecule has 1 aromatic carbocycles. The fraction of sp³-hybridized carbons (Fsp3) is 0.385. The van der Waals surface area contributed by atoms with Gasteiger partial charge >= 0.3 is 6.01 Å². The van der Waals surface area contributed by atoms with Crippen LogP contribution in [0.2, 0.25) is 0 Å². The molecule has 0 aliphatic heterocycles. The number of nitrogens with zero attached hydrogens (tertiary/aromatic N) is 2. The van der Waals surface area contributed by atoms with Crippen molar-refractivity contribution in [3.8, 4) is 0 Å². The molecule has 0 saturated carbocycles. The summed E-state index contributed by atoms with van der Waals surface area (Å²) in [5, 5.41) is 20.0. The molecule has 2 rings (SSSR count). The van der Waals surface area contributed by atoms with Gasteiger partial charge in [-0.1, -0.05) is 24.2 Å². The summed E-state index contributed by atoms with van der Waals surface area (Å²) in [5.74, 6) is 0.240. The van der Waals surface area contributed by atoms with Crippen molar-refractivity contribution in [3.63, 3.8) is 0 Å². The van der Waals surface area contributed by atoms with Gasteiger partial charge in [0.05, 0.1) is 12.6 Å². The fourth-order valence-corrected chi connectivity index (χ4v) is 1.71. The second-order valence-electron chi connectivity index (χ2n) is 4.18. The summed E-state index contributed by atoms with van der Waals surface area (Å²) in [7, 11) is 0. The van der Waals surface area contributed by atoms with Crippen LogP contribution in [0.4, 0.5) is 10.4 Å². The Morgan fingerprint density at radius 3 is 2.68 bits per heavy atom. The van der Waals surface area contributed by atoms with E-state index in [9.17, 15) is 9.50 Å². The number of hydrogen-bond donors (Lipinski definition) is 2. The number of aryl methyl sites for hydroxylation is 1. The molecule has 1 atom stereocenters. The summed E-state index contributed by atoms with van der Waals surface area (Å²) in [6.07, 6.45) is 1.64. The highest BCUT2D eigenvalue weighted by Gasteiger charge is 2.14. The van der Waals surface area contributed by atoms with Gasteiger partial charge < -0.3 is 14.8 Å². The number of rotatable bonds is 6. The van der Waals surface area contributed by atoms with Crippen LogP contribution in [-0.2, 0) is 6.42 Å². The topological polar surface area (TPSA) is 71.2 Å². The van der Waals surface area contributed by atoms with Crippen LogP contribution >= 0.6 is 0 Å².